The molecule has 0 aliphatic carbocycles. The van der Waals surface area contributed by atoms with E-state index in [0.29, 0.717) is 0 Å². The first-order valence-electron chi connectivity index (χ1n) is 1.62. The molecule has 2 N–H and O–H groups in total. The Morgan fingerprint density at radius 3 is 2.50 bits per heavy atom. The van der Waals surface area contributed by atoms with E-state index in [1.54, 1.807) is 0 Å². The van der Waals surface area contributed by atoms with E-state index in [1.807, 2.05) is 0 Å². The first kappa shape index (κ1) is 5.49. The Labute approximate surface area is 36.7 Å². The molecule has 0 aromatic heterocycles. The van der Waals surface area contributed by atoms with Crippen LogP contribution in [0.25, 0.3) is 0 Å². The summed E-state index contributed by atoms with van der Waals surface area (Å²) in [5, 5.41) is 10.0. The first-order chi connectivity index (χ1) is 2.77. The lowest BCUT2D eigenvalue weighted by Crippen LogP contribution is -2.23. The Kier molecular flexibility index (Phi) is 2.49. The van der Waals surface area contributed by atoms with Crippen LogP contribution in [0, 0.1) is 0 Å². The number of carbonyl (C=O) groups excluding carboxylic acids is 1. The van der Waals surface area contributed by atoms with Gasteiger partial charge >= 0.3 is 7.62 Å². The van der Waals surface area contributed by atoms with Crippen molar-refractivity contribution in [3.8, 4) is 0 Å². The molecule has 0 aliphatic rings. The zero-order valence-corrected chi connectivity index (χ0v) is 3.56. The largest absolute Gasteiger partial charge is 0.435 e. The summed E-state index contributed by atoms with van der Waals surface area (Å²) in [4.78, 5) is 9.77. The minimum atomic E-state index is -0.269. The van der Waals surface area contributed by atoms with Gasteiger partial charge in [-0.25, -0.2) is 0 Å². The van der Waals surface area contributed by atoms with Crippen LogP contribution in [0.1, 0.15) is 6.92 Å². The minimum absolute atomic E-state index is 0.211. The van der Waals surface area contributed by atoms with Crippen LogP contribution in [0.4, 0.5) is 0 Å². The lowest BCUT2D eigenvalue weighted by atomic mass is 10.3. The van der Waals surface area contributed by atoms with Crippen LogP contribution in [0.15, 0.2) is 0 Å². The number of amides is 1. The van der Waals surface area contributed by atoms with Crippen molar-refractivity contribution in [2.75, 3.05) is 0 Å². The minimum Gasteiger partial charge on any atom is -0.435 e. The Bertz CT molecular complexity index is 55.5. The van der Waals surface area contributed by atoms with Crippen molar-refractivity contribution >= 4 is 13.5 Å². The van der Waals surface area contributed by atoms with Gasteiger partial charge in [-0.3, -0.25) is 4.79 Å². The summed E-state index contributed by atoms with van der Waals surface area (Å²) in [6.07, 6.45) is 0. The molecule has 0 heterocycles. The molecule has 0 aromatic carbocycles. The monoisotopic (exact) mass is 87.0 g/mol. The van der Waals surface area contributed by atoms with Gasteiger partial charge in [-0.05, 0) is 0 Å². The van der Waals surface area contributed by atoms with Gasteiger partial charge in [-0.1, -0.05) is 0 Å². The lowest BCUT2D eigenvalue weighted by molar-refractivity contribution is -0.117. The topological polar surface area (TPSA) is 49.3 Å². The molecule has 0 saturated heterocycles. The second kappa shape index (κ2) is 2.72. The fourth-order valence-electron chi connectivity index (χ4n) is 0.111. The van der Waals surface area contributed by atoms with Crippen LogP contribution < -0.4 is 5.23 Å². The third-order valence-electron chi connectivity index (χ3n) is 0.328. The highest BCUT2D eigenvalue weighted by atomic mass is 16.2. The Morgan fingerprint density at radius 1 is 2.00 bits per heavy atom. The van der Waals surface area contributed by atoms with Gasteiger partial charge in [-0.2, -0.15) is 0 Å². The van der Waals surface area contributed by atoms with Crippen LogP contribution in [-0.2, 0) is 4.79 Å². The van der Waals surface area contributed by atoms with Crippen molar-refractivity contribution in [3.05, 3.63) is 0 Å². The van der Waals surface area contributed by atoms with E-state index >= 15 is 0 Å². The van der Waals surface area contributed by atoms with Crippen molar-refractivity contribution in [1.82, 2.24) is 5.23 Å². The Hall–Kier alpha value is -0.505. The van der Waals surface area contributed by atoms with Gasteiger partial charge in [0.2, 0.25) is 5.91 Å². The zero-order valence-electron chi connectivity index (χ0n) is 3.56. The average Bonchev–Trinajstić information content (AvgIpc) is 1.35. The van der Waals surface area contributed by atoms with E-state index < -0.39 is 0 Å². The van der Waals surface area contributed by atoms with Gasteiger partial charge in [0, 0.05) is 6.92 Å². The molecular weight excluding hydrogens is 80.8 g/mol. The number of hydrogen-bond donors (Lipinski definition) is 2. The molecule has 0 saturated carbocycles. The molecule has 4 heteroatoms. The third kappa shape index (κ3) is 3.49. The summed E-state index contributed by atoms with van der Waals surface area (Å²) in [5.74, 6) is -0.211. The molecule has 0 atom stereocenters. The van der Waals surface area contributed by atoms with E-state index in [4.69, 9.17) is 5.02 Å². The molecule has 0 aromatic rings. The summed E-state index contributed by atoms with van der Waals surface area (Å²) < 4.78 is 0. The van der Waals surface area contributed by atoms with Crippen LogP contribution in [0.3, 0.4) is 0 Å². The molecule has 6 heavy (non-hydrogen) atoms. The quantitative estimate of drug-likeness (QED) is 0.377. The van der Waals surface area contributed by atoms with Crippen molar-refractivity contribution in [1.29, 1.82) is 0 Å². The number of rotatable bonds is 1. The van der Waals surface area contributed by atoms with E-state index in [1.165, 1.54) is 6.92 Å². The summed E-state index contributed by atoms with van der Waals surface area (Å²) in [6, 6.07) is 0. The van der Waals surface area contributed by atoms with Crippen molar-refractivity contribution in [2.45, 2.75) is 6.92 Å². The molecule has 1 amide bonds. The van der Waals surface area contributed by atoms with Crippen LogP contribution >= 0.6 is 0 Å². The van der Waals surface area contributed by atoms with Crippen LogP contribution in [0.2, 0.25) is 0 Å². The summed E-state index contributed by atoms with van der Waals surface area (Å²) in [7, 11) is -0.269. The van der Waals surface area contributed by atoms with Crippen LogP contribution in [-0.4, -0.2) is 18.5 Å². The number of hydrogen-bond acceptors (Lipinski definition) is 2. The zero-order chi connectivity index (χ0) is 4.99. The Balaban J connectivity index is 2.83. The average molecular weight is 86.9 g/mol. The smallest absolute Gasteiger partial charge is 0.393 e. The predicted octanol–water partition coefficient (Wildman–Crippen LogP) is -1.62. The summed E-state index contributed by atoms with van der Waals surface area (Å²) in [6.45, 7) is 1.34. The summed E-state index contributed by atoms with van der Waals surface area (Å²) >= 11 is 0. The summed E-state index contributed by atoms with van der Waals surface area (Å²) in [5.41, 5.74) is 0. The molecule has 0 aliphatic heterocycles. The molecule has 0 unspecified atom stereocenters. The predicted molar refractivity (Wildman–Crippen MR) is 23.2 cm³/mol. The maximum atomic E-state index is 9.77. The van der Waals surface area contributed by atoms with E-state index in [9.17, 15) is 4.79 Å². The lowest BCUT2D eigenvalue weighted by Gasteiger charge is -1.85. The van der Waals surface area contributed by atoms with Crippen molar-refractivity contribution < 1.29 is 9.82 Å². The highest BCUT2D eigenvalue weighted by molar-refractivity contribution is 6.27. The van der Waals surface area contributed by atoms with Gasteiger partial charge in [0.25, 0.3) is 0 Å². The van der Waals surface area contributed by atoms with Crippen molar-refractivity contribution in [2.24, 2.45) is 0 Å². The fourth-order valence-corrected chi connectivity index (χ4v) is 0.111. The molecule has 0 radical (unpaired) electrons. The first-order valence-corrected chi connectivity index (χ1v) is 1.62. The fraction of sp³-hybridized carbons (Fsp3) is 0.500. The Morgan fingerprint density at radius 2 is 2.50 bits per heavy atom. The van der Waals surface area contributed by atoms with Gasteiger partial charge in [0.1, 0.15) is 0 Å². The van der Waals surface area contributed by atoms with Crippen LogP contribution in [0.5, 0.6) is 0 Å². The van der Waals surface area contributed by atoms with E-state index in [-0.39, 0.29) is 13.5 Å². The molecule has 34 valence electrons. The van der Waals surface area contributed by atoms with Gasteiger partial charge in [0.15, 0.2) is 0 Å². The highest BCUT2D eigenvalue weighted by Crippen LogP contribution is 1.48. The van der Waals surface area contributed by atoms with E-state index in [0.717, 1.165) is 0 Å². The molecule has 3 nitrogen and oxygen atoms in total. The normalized spacial score (nSPS) is 7.00. The highest BCUT2D eigenvalue weighted by Gasteiger charge is 1.83. The third-order valence-corrected chi connectivity index (χ3v) is 0.328. The van der Waals surface area contributed by atoms with Crippen molar-refractivity contribution in [3.63, 3.8) is 0 Å². The number of nitrogens with one attached hydrogen (secondary N) is 1. The molecule has 0 bridgehead atoms. The molecule has 0 fully saturated rings. The second-order valence-corrected chi connectivity index (χ2v) is 0.891. The maximum absolute atomic E-state index is 9.77. The van der Waals surface area contributed by atoms with E-state index in [2.05, 4.69) is 5.23 Å². The maximum Gasteiger partial charge on any atom is 0.393 e. The molecular formula is C2H6BNO2. The second-order valence-electron chi connectivity index (χ2n) is 0.891. The van der Waals surface area contributed by atoms with Gasteiger partial charge in [0.05, 0.1) is 0 Å². The molecule has 0 spiro atoms. The standard InChI is InChI=1S/C2H6BNO2/c1-2(5)4-3-6/h3,6H,1H3,(H,4,5). The SMILES string of the molecule is CC(=O)NBO. The van der Waals surface area contributed by atoms with Gasteiger partial charge < -0.3 is 10.3 Å². The molecule has 0 rings (SSSR count). The van der Waals surface area contributed by atoms with Gasteiger partial charge in [-0.15, -0.1) is 0 Å². The number of carbonyl (C=O) groups is 1.